The Labute approximate surface area is 121 Å². The average Bonchev–Trinajstić information content (AvgIpc) is 2.91. The van der Waals surface area contributed by atoms with E-state index >= 15 is 0 Å². The van der Waals surface area contributed by atoms with Gasteiger partial charge in [0, 0.05) is 6.54 Å². The zero-order valence-electron chi connectivity index (χ0n) is 12.8. The predicted octanol–water partition coefficient (Wildman–Crippen LogP) is 3.00. The van der Waals surface area contributed by atoms with Gasteiger partial charge in [0.15, 0.2) is 0 Å². The van der Waals surface area contributed by atoms with Crippen molar-refractivity contribution < 1.29 is 4.79 Å². The van der Waals surface area contributed by atoms with E-state index in [1.54, 1.807) is 0 Å². The fourth-order valence-electron chi connectivity index (χ4n) is 3.23. The fourth-order valence-corrected chi connectivity index (χ4v) is 3.23. The van der Waals surface area contributed by atoms with Gasteiger partial charge in [0.1, 0.15) is 0 Å². The highest BCUT2D eigenvalue weighted by atomic mass is 16.2. The second kappa shape index (κ2) is 5.96. The number of nitrogens with two attached hydrogens (primary N) is 1. The van der Waals surface area contributed by atoms with Crippen LogP contribution < -0.4 is 11.1 Å². The van der Waals surface area contributed by atoms with Crippen LogP contribution in [0.3, 0.4) is 0 Å². The van der Waals surface area contributed by atoms with Crippen LogP contribution in [0.5, 0.6) is 0 Å². The summed E-state index contributed by atoms with van der Waals surface area (Å²) in [5, 5.41) is 3.18. The summed E-state index contributed by atoms with van der Waals surface area (Å²) in [6.07, 6.45) is 4.08. The lowest BCUT2D eigenvalue weighted by Gasteiger charge is -2.28. The molecule has 1 unspecified atom stereocenters. The molecule has 0 saturated heterocycles. The third kappa shape index (κ3) is 2.88. The van der Waals surface area contributed by atoms with Crippen molar-refractivity contribution in [3.8, 4) is 0 Å². The third-order valence-corrected chi connectivity index (χ3v) is 4.68. The summed E-state index contributed by atoms with van der Waals surface area (Å²) in [5.41, 5.74) is 9.19. The number of carbonyl (C=O) groups excluding carboxylic acids is 1. The van der Waals surface area contributed by atoms with Gasteiger partial charge >= 0.3 is 0 Å². The summed E-state index contributed by atoms with van der Waals surface area (Å²) < 4.78 is 0. The average molecular weight is 274 g/mol. The van der Waals surface area contributed by atoms with Gasteiger partial charge in [-0.15, -0.1) is 0 Å². The van der Waals surface area contributed by atoms with Gasteiger partial charge in [0.25, 0.3) is 0 Å². The number of hydrogen-bond acceptors (Lipinski definition) is 2. The van der Waals surface area contributed by atoms with E-state index in [0.29, 0.717) is 6.54 Å². The van der Waals surface area contributed by atoms with Gasteiger partial charge in [0.05, 0.1) is 11.5 Å². The second-order valence-corrected chi connectivity index (χ2v) is 6.25. The molecule has 1 amide bonds. The first-order valence-electron chi connectivity index (χ1n) is 7.57. The number of carbonyl (C=O) groups is 1. The van der Waals surface area contributed by atoms with E-state index in [9.17, 15) is 4.79 Å². The van der Waals surface area contributed by atoms with Crippen LogP contribution in [0.4, 0.5) is 0 Å². The first kappa shape index (κ1) is 15.0. The molecular formula is C17H26N2O. The van der Waals surface area contributed by atoms with Crippen LogP contribution in [0.25, 0.3) is 0 Å². The normalized spacial score (nSPS) is 18.8. The molecule has 1 aromatic carbocycles. The maximum atomic E-state index is 12.6. The minimum Gasteiger partial charge on any atom is -0.349 e. The minimum absolute atomic E-state index is 0.0337. The van der Waals surface area contributed by atoms with Crippen molar-refractivity contribution in [3.63, 3.8) is 0 Å². The highest BCUT2D eigenvalue weighted by molar-refractivity contribution is 5.83. The summed E-state index contributed by atoms with van der Waals surface area (Å²) in [6, 6.07) is 6.41. The predicted molar refractivity (Wildman–Crippen MR) is 82.4 cm³/mol. The molecule has 3 nitrogen and oxygen atoms in total. The summed E-state index contributed by atoms with van der Waals surface area (Å²) in [7, 11) is 0. The molecule has 0 spiro atoms. The molecule has 0 aromatic heterocycles. The maximum Gasteiger partial charge on any atom is 0.227 e. The molecule has 2 rings (SSSR count). The van der Waals surface area contributed by atoms with Gasteiger partial charge in [0.2, 0.25) is 5.91 Å². The van der Waals surface area contributed by atoms with Crippen LogP contribution in [0.2, 0.25) is 0 Å². The molecule has 20 heavy (non-hydrogen) atoms. The zero-order chi connectivity index (χ0) is 14.8. The van der Waals surface area contributed by atoms with Crippen molar-refractivity contribution in [2.45, 2.75) is 52.5 Å². The molecule has 0 heterocycles. The molecule has 1 saturated carbocycles. The summed E-state index contributed by atoms with van der Waals surface area (Å²) in [4.78, 5) is 12.6. The molecule has 110 valence electrons. The summed E-state index contributed by atoms with van der Waals surface area (Å²) >= 11 is 0. The molecular weight excluding hydrogens is 248 g/mol. The quantitative estimate of drug-likeness (QED) is 0.886. The Kier molecular flexibility index (Phi) is 4.48. The second-order valence-electron chi connectivity index (χ2n) is 6.25. The SMILES string of the molecule is Cc1ccc(C)c(C(C)NC(=O)C2(CN)CCCC2)c1. The monoisotopic (exact) mass is 274 g/mol. The molecule has 3 N–H and O–H groups in total. The van der Waals surface area contributed by atoms with Crippen LogP contribution in [0, 0.1) is 19.3 Å². The van der Waals surface area contributed by atoms with Crippen molar-refractivity contribution in [3.05, 3.63) is 34.9 Å². The first-order chi connectivity index (χ1) is 9.48. The minimum atomic E-state index is -0.327. The number of amides is 1. The van der Waals surface area contributed by atoms with Gasteiger partial charge in [-0.3, -0.25) is 4.79 Å². The molecule has 3 heteroatoms. The Morgan fingerprint density at radius 1 is 1.35 bits per heavy atom. The van der Waals surface area contributed by atoms with Crippen molar-refractivity contribution in [2.75, 3.05) is 6.54 Å². The van der Waals surface area contributed by atoms with Gasteiger partial charge in [-0.05, 0) is 44.7 Å². The van der Waals surface area contributed by atoms with E-state index in [0.717, 1.165) is 25.7 Å². The Bertz CT molecular complexity index is 490. The molecule has 0 aliphatic heterocycles. The molecule has 0 radical (unpaired) electrons. The van der Waals surface area contributed by atoms with E-state index in [1.807, 2.05) is 0 Å². The molecule has 1 fully saturated rings. The van der Waals surface area contributed by atoms with Gasteiger partial charge in [-0.25, -0.2) is 0 Å². The van der Waals surface area contributed by atoms with E-state index in [-0.39, 0.29) is 17.4 Å². The lowest BCUT2D eigenvalue weighted by Crippen LogP contribution is -2.45. The molecule has 0 bridgehead atoms. The van der Waals surface area contributed by atoms with Gasteiger partial charge < -0.3 is 11.1 Å². The molecule has 1 aliphatic carbocycles. The molecule has 1 aliphatic rings. The molecule has 1 aromatic rings. The van der Waals surface area contributed by atoms with E-state index < -0.39 is 0 Å². The highest BCUT2D eigenvalue weighted by Gasteiger charge is 2.40. The van der Waals surface area contributed by atoms with Crippen LogP contribution in [-0.4, -0.2) is 12.5 Å². The number of rotatable bonds is 4. The van der Waals surface area contributed by atoms with Gasteiger partial charge in [-0.2, -0.15) is 0 Å². The van der Waals surface area contributed by atoms with E-state index in [2.05, 4.69) is 44.3 Å². The van der Waals surface area contributed by atoms with E-state index in [1.165, 1.54) is 16.7 Å². The van der Waals surface area contributed by atoms with Gasteiger partial charge in [-0.1, -0.05) is 36.6 Å². The van der Waals surface area contributed by atoms with E-state index in [4.69, 9.17) is 5.73 Å². The summed E-state index contributed by atoms with van der Waals surface area (Å²) in [6.45, 7) is 6.68. The number of hydrogen-bond donors (Lipinski definition) is 2. The smallest absolute Gasteiger partial charge is 0.227 e. The Hall–Kier alpha value is -1.35. The summed E-state index contributed by atoms with van der Waals surface area (Å²) in [5.74, 6) is 0.130. The Morgan fingerprint density at radius 3 is 2.60 bits per heavy atom. The van der Waals surface area contributed by atoms with Crippen molar-refractivity contribution in [2.24, 2.45) is 11.1 Å². The van der Waals surface area contributed by atoms with Crippen molar-refractivity contribution in [1.82, 2.24) is 5.32 Å². The highest BCUT2D eigenvalue weighted by Crippen LogP contribution is 2.38. The standard InChI is InChI=1S/C17H26N2O/c1-12-6-7-13(2)15(10-12)14(3)19-16(20)17(11-18)8-4-5-9-17/h6-7,10,14H,4-5,8-9,11,18H2,1-3H3,(H,19,20). The van der Waals surface area contributed by atoms with Crippen molar-refractivity contribution >= 4 is 5.91 Å². The number of aryl methyl sites for hydroxylation is 2. The van der Waals surface area contributed by atoms with Crippen molar-refractivity contribution in [1.29, 1.82) is 0 Å². The Balaban J connectivity index is 2.12. The fraction of sp³-hybridized carbons (Fsp3) is 0.588. The number of nitrogens with one attached hydrogen (secondary N) is 1. The lowest BCUT2D eigenvalue weighted by atomic mass is 9.84. The maximum absolute atomic E-state index is 12.6. The topological polar surface area (TPSA) is 55.1 Å². The molecule has 1 atom stereocenters. The third-order valence-electron chi connectivity index (χ3n) is 4.68. The van der Waals surface area contributed by atoms with Crippen LogP contribution in [-0.2, 0) is 4.79 Å². The zero-order valence-corrected chi connectivity index (χ0v) is 12.8. The largest absolute Gasteiger partial charge is 0.349 e. The lowest BCUT2D eigenvalue weighted by molar-refractivity contribution is -0.131. The Morgan fingerprint density at radius 2 is 2.00 bits per heavy atom. The van der Waals surface area contributed by atoms with Crippen LogP contribution in [0.1, 0.15) is 55.3 Å². The number of benzene rings is 1. The first-order valence-corrected chi connectivity index (χ1v) is 7.57. The van der Waals surface area contributed by atoms with Crippen LogP contribution in [0.15, 0.2) is 18.2 Å². The van der Waals surface area contributed by atoms with Crippen LogP contribution >= 0.6 is 0 Å².